The van der Waals surface area contributed by atoms with E-state index in [2.05, 4.69) is 4.98 Å². The fourth-order valence-corrected chi connectivity index (χ4v) is 0.887. The van der Waals surface area contributed by atoms with Crippen molar-refractivity contribution in [2.24, 2.45) is 0 Å². The first kappa shape index (κ1) is 8.49. The van der Waals surface area contributed by atoms with Gasteiger partial charge in [-0.15, -0.1) is 0 Å². The monoisotopic (exact) mass is 186 g/mol. The smallest absolute Gasteiger partial charge is 0.358 e. The Hall–Kier alpha value is -1.61. The van der Waals surface area contributed by atoms with Gasteiger partial charge in [0, 0.05) is 0 Å². The van der Waals surface area contributed by atoms with E-state index in [9.17, 15) is 10.1 Å². The summed E-state index contributed by atoms with van der Waals surface area (Å²) in [6.07, 6.45) is 1.16. The molecule has 0 N–H and O–H groups in total. The van der Waals surface area contributed by atoms with Crippen molar-refractivity contribution in [1.29, 1.82) is 5.26 Å². The van der Waals surface area contributed by atoms with Crippen LogP contribution in [-0.2, 0) is 6.54 Å². The Morgan fingerprint density at radius 2 is 2.58 bits per heavy atom. The average molecular weight is 187 g/mol. The molecule has 0 saturated carbocycles. The summed E-state index contributed by atoms with van der Waals surface area (Å²) in [5.74, 6) is -0.424. The van der Waals surface area contributed by atoms with Gasteiger partial charge in [-0.25, -0.2) is 0 Å². The van der Waals surface area contributed by atoms with E-state index in [-0.39, 0.29) is 11.7 Å². The van der Waals surface area contributed by atoms with Crippen LogP contribution in [0.3, 0.4) is 0 Å². The predicted molar refractivity (Wildman–Crippen MR) is 39.5 cm³/mol. The average Bonchev–Trinajstić information content (AvgIpc) is 2.34. The molecule has 0 amide bonds. The minimum Gasteiger partial charge on any atom is -0.358 e. The Labute approximate surface area is 72.1 Å². The maximum atomic E-state index is 10.2. The maximum Gasteiger partial charge on any atom is 0.401 e. The Kier molecular flexibility index (Phi) is 2.26. The largest absolute Gasteiger partial charge is 0.401 e. The van der Waals surface area contributed by atoms with Crippen LogP contribution < -0.4 is 0 Å². The highest BCUT2D eigenvalue weighted by molar-refractivity contribution is 6.31. The topological polar surface area (TPSA) is 84.8 Å². The number of imidazole rings is 1. The van der Waals surface area contributed by atoms with Gasteiger partial charge >= 0.3 is 5.82 Å². The molecule has 62 valence electrons. The Balaban J connectivity index is 3.06. The van der Waals surface area contributed by atoms with E-state index in [4.69, 9.17) is 16.9 Å². The highest BCUT2D eigenvalue weighted by Crippen LogP contribution is 2.21. The summed E-state index contributed by atoms with van der Waals surface area (Å²) in [5, 5.41) is 18.3. The molecule has 12 heavy (non-hydrogen) atoms. The molecule has 7 heteroatoms. The van der Waals surface area contributed by atoms with Crippen LogP contribution in [0.15, 0.2) is 6.33 Å². The number of aromatic nitrogens is 2. The normalized spacial score (nSPS) is 9.33. The van der Waals surface area contributed by atoms with Crippen molar-refractivity contribution < 1.29 is 4.92 Å². The molecule has 0 aliphatic heterocycles. The highest BCUT2D eigenvalue weighted by Gasteiger charge is 2.18. The summed E-state index contributed by atoms with van der Waals surface area (Å²) < 4.78 is 1.19. The third kappa shape index (κ3) is 1.35. The molecule has 0 fully saturated rings. The second-order valence-corrected chi connectivity index (χ2v) is 2.26. The minimum absolute atomic E-state index is 0.0420. The van der Waals surface area contributed by atoms with E-state index < -0.39 is 10.7 Å². The molecule has 0 atom stereocenters. The summed E-state index contributed by atoms with van der Waals surface area (Å²) in [7, 11) is 0. The lowest BCUT2D eigenvalue weighted by atomic mass is 10.7. The van der Waals surface area contributed by atoms with Crippen LogP contribution in [0.1, 0.15) is 0 Å². The van der Waals surface area contributed by atoms with Crippen LogP contribution in [0.25, 0.3) is 0 Å². The summed E-state index contributed by atoms with van der Waals surface area (Å²) in [4.78, 5) is 12.9. The molecule has 0 unspecified atom stereocenters. The summed E-state index contributed by atoms with van der Waals surface area (Å²) in [5.41, 5.74) is 0. The Bertz CT molecular complexity index is 353. The number of nitro groups is 1. The van der Waals surface area contributed by atoms with Gasteiger partial charge in [-0.3, -0.25) is 4.57 Å². The minimum atomic E-state index is -0.698. The number of hydrogen-bond donors (Lipinski definition) is 0. The summed E-state index contributed by atoms with van der Waals surface area (Å²) in [6.45, 7) is -0.0420. The summed E-state index contributed by atoms with van der Waals surface area (Å²) >= 11 is 5.51. The number of nitrogens with zero attached hydrogens (tertiary/aromatic N) is 4. The molecule has 0 aliphatic rings. The molecule has 0 aromatic carbocycles. The molecule has 6 nitrogen and oxygen atoms in total. The number of nitriles is 1. The lowest BCUT2D eigenvalue weighted by Crippen LogP contribution is -1.94. The molecule has 1 rings (SSSR count). The molecule has 0 bridgehead atoms. The van der Waals surface area contributed by atoms with Crippen molar-refractivity contribution >= 4 is 17.4 Å². The van der Waals surface area contributed by atoms with Crippen molar-refractivity contribution in [3.8, 4) is 6.07 Å². The van der Waals surface area contributed by atoms with Crippen molar-refractivity contribution in [3.05, 3.63) is 21.6 Å². The molecule has 0 spiro atoms. The van der Waals surface area contributed by atoms with Crippen molar-refractivity contribution in [2.75, 3.05) is 0 Å². The lowest BCUT2D eigenvalue weighted by molar-refractivity contribution is -0.389. The second-order valence-electron chi connectivity index (χ2n) is 1.90. The molecule has 1 aromatic rings. The van der Waals surface area contributed by atoms with Crippen LogP contribution in [0.2, 0.25) is 5.15 Å². The molecule has 0 saturated heterocycles. The molecule has 0 aliphatic carbocycles. The second kappa shape index (κ2) is 3.19. The van der Waals surface area contributed by atoms with Crippen LogP contribution in [0, 0.1) is 21.4 Å². The van der Waals surface area contributed by atoms with Gasteiger partial charge in [0.2, 0.25) is 11.5 Å². The number of hydrogen-bond acceptors (Lipinski definition) is 4. The first-order valence-electron chi connectivity index (χ1n) is 2.88. The van der Waals surface area contributed by atoms with Crippen LogP contribution in [-0.4, -0.2) is 14.5 Å². The summed E-state index contributed by atoms with van der Waals surface area (Å²) in [6, 6.07) is 1.79. The van der Waals surface area contributed by atoms with Gasteiger partial charge in [0.15, 0.2) is 0 Å². The highest BCUT2D eigenvalue weighted by atomic mass is 35.5. The van der Waals surface area contributed by atoms with E-state index in [0.29, 0.717) is 0 Å². The van der Waals surface area contributed by atoms with E-state index in [1.54, 1.807) is 6.07 Å². The standard InChI is InChI=1S/C5H3ClN4O2/c6-4-5(10(11)12)8-3-9(4)2-1-7/h3H,2H2. The lowest BCUT2D eigenvalue weighted by Gasteiger charge is -1.92. The fourth-order valence-electron chi connectivity index (χ4n) is 0.666. The van der Waals surface area contributed by atoms with Crippen molar-refractivity contribution in [1.82, 2.24) is 9.55 Å². The quantitative estimate of drug-likeness (QED) is 0.509. The van der Waals surface area contributed by atoms with E-state index >= 15 is 0 Å². The zero-order chi connectivity index (χ0) is 9.14. The third-order valence-corrected chi connectivity index (χ3v) is 1.56. The zero-order valence-electron chi connectivity index (χ0n) is 5.77. The Morgan fingerprint density at radius 1 is 1.92 bits per heavy atom. The molecular weight excluding hydrogens is 184 g/mol. The maximum absolute atomic E-state index is 10.2. The zero-order valence-corrected chi connectivity index (χ0v) is 6.52. The molecular formula is C5H3ClN4O2. The van der Waals surface area contributed by atoms with Crippen molar-refractivity contribution in [3.63, 3.8) is 0 Å². The van der Waals surface area contributed by atoms with Gasteiger partial charge in [-0.1, -0.05) is 11.6 Å². The van der Waals surface area contributed by atoms with Gasteiger partial charge in [0.25, 0.3) is 0 Å². The van der Waals surface area contributed by atoms with Gasteiger partial charge in [0.1, 0.15) is 6.54 Å². The third-order valence-electron chi connectivity index (χ3n) is 1.17. The number of rotatable bonds is 2. The van der Waals surface area contributed by atoms with Crippen molar-refractivity contribution in [2.45, 2.75) is 6.54 Å². The van der Waals surface area contributed by atoms with Crippen LogP contribution >= 0.6 is 11.6 Å². The van der Waals surface area contributed by atoms with Gasteiger partial charge in [0.05, 0.1) is 6.07 Å². The fraction of sp³-hybridized carbons (Fsp3) is 0.200. The van der Waals surface area contributed by atoms with Crippen LogP contribution in [0.5, 0.6) is 0 Å². The number of halogens is 1. The Morgan fingerprint density at radius 3 is 3.00 bits per heavy atom. The first-order chi connectivity index (χ1) is 5.66. The SMILES string of the molecule is N#CCn1cnc([N+](=O)[O-])c1Cl. The van der Waals surface area contributed by atoms with E-state index in [1.165, 1.54) is 4.57 Å². The van der Waals surface area contributed by atoms with E-state index in [0.717, 1.165) is 6.33 Å². The molecule has 0 radical (unpaired) electrons. The van der Waals surface area contributed by atoms with Gasteiger partial charge < -0.3 is 10.1 Å². The first-order valence-corrected chi connectivity index (χ1v) is 3.26. The van der Waals surface area contributed by atoms with Crippen LogP contribution in [0.4, 0.5) is 5.82 Å². The molecule has 1 aromatic heterocycles. The van der Waals surface area contributed by atoms with Gasteiger partial charge in [-0.2, -0.15) is 5.26 Å². The van der Waals surface area contributed by atoms with E-state index in [1.807, 2.05) is 0 Å². The van der Waals surface area contributed by atoms with Gasteiger partial charge in [-0.05, 0) is 9.91 Å². The predicted octanol–water partition coefficient (Wildman–Crippen LogP) is 0.968. The molecule has 1 heterocycles.